The number of rotatable bonds is 10. The summed E-state index contributed by atoms with van der Waals surface area (Å²) in [7, 11) is 0. The van der Waals surface area contributed by atoms with Gasteiger partial charge in [-0.25, -0.2) is 0 Å². The molecule has 0 spiro atoms. The zero-order valence-corrected chi connectivity index (χ0v) is 13.0. The van der Waals surface area contributed by atoms with Crippen molar-refractivity contribution in [2.45, 2.75) is 58.7 Å². The lowest BCUT2D eigenvalue weighted by Crippen LogP contribution is -2.35. The van der Waals surface area contributed by atoms with Crippen LogP contribution >= 0.6 is 0 Å². The van der Waals surface area contributed by atoms with Crippen molar-refractivity contribution in [3.05, 3.63) is 29.8 Å². The zero-order valence-electron chi connectivity index (χ0n) is 13.0. The van der Waals surface area contributed by atoms with Gasteiger partial charge in [0.05, 0.1) is 13.2 Å². The highest BCUT2D eigenvalue weighted by Crippen LogP contribution is 2.22. The molecule has 1 N–H and O–H groups in total. The van der Waals surface area contributed by atoms with E-state index in [2.05, 4.69) is 13.8 Å². The highest BCUT2D eigenvalue weighted by Gasteiger charge is 2.26. The topological polar surface area (TPSA) is 38.7 Å². The molecular formula is C17H28O3. The van der Waals surface area contributed by atoms with Crippen LogP contribution in [-0.4, -0.2) is 24.1 Å². The summed E-state index contributed by atoms with van der Waals surface area (Å²) >= 11 is 0. The van der Waals surface area contributed by atoms with Crippen LogP contribution in [0.25, 0.3) is 0 Å². The van der Waals surface area contributed by atoms with E-state index in [-0.39, 0.29) is 5.75 Å². The Morgan fingerprint density at radius 2 is 1.45 bits per heavy atom. The van der Waals surface area contributed by atoms with E-state index in [4.69, 9.17) is 9.47 Å². The van der Waals surface area contributed by atoms with Gasteiger partial charge >= 0.3 is 0 Å². The maximum Gasteiger partial charge on any atom is 0.169 e. The van der Waals surface area contributed by atoms with Crippen molar-refractivity contribution in [2.75, 3.05) is 13.2 Å². The Kier molecular flexibility index (Phi) is 7.63. The maximum absolute atomic E-state index is 9.34. The second-order valence-electron chi connectivity index (χ2n) is 5.38. The Balaban J connectivity index is 2.62. The monoisotopic (exact) mass is 280 g/mol. The minimum absolute atomic E-state index is 0.286. The molecule has 0 amide bonds. The predicted octanol–water partition coefficient (Wildman–Crippen LogP) is 4.28. The van der Waals surface area contributed by atoms with Crippen LogP contribution in [0.15, 0.2) is 24.3 Å². The van der Waals surface area contributed by atoms with Gasteiger partial charge in [-0.2, -0.15) is 0 Å². The molecule has 1 aromatic rings. The van der Waals surface area contributed by atoms with Crippen LogP contribution in [0.3, 0.4) is 0 Å². The molecule has 0 heterocycles. The van der Waals surface area contributed by atoms with E-state index in [1.807, 2.05) is 19.1 Å². The van der Waals surface area contributed by atoms with Crippen molar-refractivity contribution in [3.8, 4) is 5.75 Å². The second kappa shape index (κ2) is 8.98. The average molecular weight is 280 g/mol. The molecule has 0 saturated carbocycles. The average Bonchev–Trinajstić information content (AvgIpc) is 2.42. The minimum atomic E-state index is -0.582. The molecule has 0 atom stereocenters. The van der Waals surface area contributed by atoms with Crippen molar-refractivity contribution in [2.24, 2.45) is 0 Å². The Hall–Kier alpha value is -1.06. The van der Waals surface area contributed by atoms with E-state index >= 15 is 0 Å². The fraction of sp³-hybridized carbons (Fsp3) is 0.647. The quantitative estimate of drug-likeness (QED) is 0.513. The number of ether oxygens (including phenoxy) is 2. The van der Waals surface area contributed by atoms with E-state index in [9.17, 15) is 5.11 Å². The largest absolute Gasteiger partial charge is 0.508 e. The molecule has 0 aliphatic heterocycles. The highest BCUT2D eigenvalue weighted by atomic mass is 16.7. The normalized spacial score (nSPS) is 11.8. The summed E-state index contributed by atoms with van der Waals surface area (Å²) in [6, 6.07) is 7.24. The van der Waals surface area contributed by atoms with E-state index in [1.54, 1.807) is 12.1 Å². The number of hydrogen-bond acceptors (Lipinski definition) is 3. The summed E-state index contributed by atoms with van der Waals surface area (Å²) < 4.78 is 11.9. The summed E-state index contributed by atoms with van der Waals surface area (Å²) in [5.74, 6) is -0.296. The first-order valence-corrected chi connectivity index (χ1v) is 7.65. The lowest BCUT2D eigenvalue weighted by atomic mass is 10.1. The van der Waals surface area contributed by atoms with E-state index < -0.39 is 5.79 Å². The summed E-state index contributed by atoms with van der Waals surface area (Å²) in [5, 5.41) is 9.34. The van der Waals surface area contributed by atoms with Gasteiger partial charge in [0, 0.05) is 6.42 Å². The SMILES string of the molecule is CCCCOC(C)(Cc1ccc(O)cc1)OCCCC. The third kappa shape index (κ3) is 6.40. The highest BCUT2D eigenvalue weighted by molar-refractivity contribution is 5.26. The first-order valence-electron chi connectivity index (χ1n) is 7.65. The molecule has 0 aromatic heterocycles. The van der Waals surface area contributed by atoms with Crippen LogP contribution in [0, 0.1) is 0 Å². The van der Waals surface area contributed by atoms with Crippen LogP contribution in [0.1, 0.15) is 52.0 Å². The van der Waals surface area contributed by atoms with Crippen molar-refractivity contribution in [3.63, 3.8) is 0 Å². The molecule has 0 radical (unpaired) electrons. The van der Waals surface area contributed by atoms with Crippen molar-refractivity contribution in [1.82, 2.24) is 0 Å². The first-order chi connectivity index (χ1) is 9.59. The lowest BCUT2D eigenvalue weighted by Gasteiger charge is -2.30. The van der Waals surface area contributed by atoms with Gasteiger partial charge in [0.15, 0.2) is 5.79 Å². The van der Waals surface area contributed by atoms with Crippen LogP contribution in [-0.2, 0) is 15.9 Å². The van der Waals surface area contributed by atoms with Crippen LogP contribution in [0.5, 0.6) is 5.75 Å². The van der Waals surface area contributed by atoms with Gasteiger partial charge in [0.1, 0.15) is 5.75 Å². The van der Waals surface area contributed by atoms with Gasteiger partial charge in [-0.05, 0) is 37.5 Å². The maximum atomic E-state index is 9.34. The summed E-state index contributed by atoms with van der Waals surface area (Å²) in [5.41, 5.74) is 1.11. The number of hydrogen-bond donors (Lipinski definition) is 1. The van der Waals surface area contributed by atoms with Gasteiger partial charge in [-0.3, -0.25) is 0 Å². The number of aromatic hydroxyl groups is 1. The van der Waals surface area contributed by atoms with Crippen LogP contribution in [0.4, 0.5) is 0 Å². The molecule has 0 bridgehead atoms. The van der Waals surface area contributed by atoms with E-state index in [1.165, 1.54) is 0 Å². The molecule has 3 heteroatoms. The standard InChI is InChI=1S/C17H28O3/c1-4-6-12-19-17(3,20-13-7-5-2)14-15-8-10-16(18)11-9-15/h8-11,18H,4-7,12-14H2,1-3H3. The second-order valence-corrected chi connectivity index (χ2v) is 5.38. The fourth-order valence-electron chi connectivity index (χ4n) is 1.99. The summed E-state index contributed by atoms with van der Waals surface area (Å²) in [4.78, 5) is 0. The lowest BCUT2D eigenvalue weighted by molar-refractivity contribution is -0.225. The smallest absolute Gasteiger partial charge is 0.169 e. The molecule has 114 valence electrons. The van der Waals surface area contributed by atoms with Crippen LogP contribution < -0.4 is 0 Å². The van der Waals surface area contributed by atoms with Gasteiger partial charge < -0.3 is 14.6 Å². The molecule has 0 aliphatic rings. The van der Waals surface area contributed by atoms with Gasteiger partial charge in [0.2, 0.25) is 0 Å². The Morgan fingerprint density at radius 1 is 0.950 bits per heavy atom. The van der Waals surface area contributed by atoms with Crippen LogP contribution in [0.2, 0.25) is 0 Å². The Labute approximate surface area is 122 Å². The summed E-state index contributed by atoms with van der Waals surface area (Å²) in [6.45, 7) is 7.75. The van der Waals surface area contributed by atoms with E-state index in [0.29, 0.717) is 6.42 Å². The molecule has 20 heavy (non-hydrogen) atoms. The number of unbranched alkanes of at least 4 members (excludes halogenated alkanes) is 2. The zero-order chi connectivity index (χ0) is 14.8. The third-order valence-corrected chi connectivity index (χ3v) is 3.27. The molecule has 0 unspecified atom stereocenters. The number of phenols is 1. The molecule has 1 rings (SSSR count). The molecule has 0 saturated heterocycles. The van der Waals surface area contributed by atoms with Gasteiger partial charge in [0.25, 0.3) is 0 Å². The number of phenolic OH excluding ortho intramolecular Hbond substituents is 1. The van der Waals surface area contributed by atoms with E-state index in [0.717, 1.165) is 44.5 Å². The first kappa shape index (κ1) is 17.0. The third-order valence-electron chi connectivity index (χ3n) is 3.27. The van der Waals surface area contributed by atoms with Gasteiger partial charge in [-0.15, -0.1) is 0 Å². The summed E-state index contributed by atoms with van der Waals surface area (Å²) in [6.07, 6.45) is 5.01. The molecule has 3 nitrogen and oxygen atoms in total. The van der Waals surface area contributed by atoms with Crippen molar-refractivity contribution >= 4 is 0 Å². The molecule has 0 fully saturated rings. The van der Waals surface area contributed by atoms with Gasteiger partial charge in [-0.1, -0.05) is 38.8 Å². The Morgan fingerprint density at radius 3 is 1.90 bits per heavy atom. The molecule has 0 aliphatic carbocycles. The molecule has 1 aromatic carbocycles. The van der Waals surface area contributed by atoms with Crippen molar-refractivity contribution < 1.29 is 14.6 Å². The fourth-order valence-corrected chi connectivity index (χ4v) is 1.99. The molecular weight excluding hydrogens is 252 g/mol. The predicted molar refractivity (Wildman–Crippen MR) is 81.9 cm³/mol. The van der Waals surface area contributed by atoms with Crippen molar-refractivity contribution in [1.29, 1.82) is 0 Å². The number of benzene rings is 1. The minimum Gasteiger partial charge on any atom is -0.508 e. The Bertz CT molecular complexity index is 349.